The minimum Gasteiger partial charge on any atom is -0.444 e. The average Bonchev–Trinajstić information content (AvgIpc) is 2.83. The Bertz CT molecular complexity index is 931. The number of nitrogens with zero attached hydrogens (tertiary/aromatic N) is 2. The molecule has 0 saturated carbocycles. The number of ether oxygens (including phenoxy) is 1. The molecule has 5 nitrogen and oxygen atoms in total. The lowest BCUT2D eigenvalue weighted by molar-refractivity contribution is -0.137. The maximum Gasteiger partial charge on any atom is 0.446 e. The molecule has 1 amide bonds. The third-order valence-electron chi connectivity index (χ3n) is 3.10. The smallest absolute Gasteiger partial charge is 0.444 e. The first-order valence-electron chi connectivity index (χ1n) is 7.88. The van der Waals surface area contributed by atoms with Crippen molar-refractivity contribution in [2.45, 2.75) is 43.0 Å². The Morgan fingerprint density at radius 1 is 1.10 bits per heavy atom. The van der Waals surface area contributed by atoms with Crippen molar-refractivity contribution in [3.63, 3.8) is 0 Å². The monoisotopic (exact) mass is 495 g/mol. The Balaban J connectivity index is 2.51. The number of alkyl halides is 6. The fourth-order valence-corrected chi connectivity index (χ4v) is 3.36. The van der Waals surface area contributed by atoms with Crippen LogP contribution in [0.25, 0.3) is 5.69 Å². The normalized spacial score (nSPS) is 12.8. The molecule has 1 aromatic heterocycles. The fraction of sp³-hybridized carbons (Fsp3) is 0.375. The van der Waals surface area contributed by atoms with Crippen LogP contribution in [-0.4, -0.2) is 27.0 Å². The van der Waals surface area contributed by atoms with Crippen molar-refractivity contribution in [2.24, 2.45) is 0 Å². The van der Waals surface area contributed by atoms with E-state index < -0.39 is 61.5 Å². The van der Waals surface area contributed by atoms with Gasteiger partial charge in [-0.15, -0.1) is 5.10 Å². The number of hydrogen-bond donors (Lipinski definition) is 1. The van der Waals surface area contributed by atoms with Crippen LogP contribution in [0.2, 0.25) is 10.0 Å². The number of aromatic nitrogens is 2. The molecule has 2 aromatic rings. The highest BCUT2D eigenvalue weighted by Crippen LogP contribution is 2.42. The van der Waals surface area contributed by atoms with E-state index in [-0.39, 0.29) is 5.69 Å². The second-order valence-corrected chi connectivity index (χ2v) is 8.67. The zero-order valence-corrected chi connectivity index (χ0v) is 17.7. The minimum absolute atomic E-state index is 0.299. The van der Waals surface area contributed by atoms with Crippen LogP contribution in [0.1, 0.15) is 26.3 Å². The Morgan fingerprint density at radius 2 is 1.63 bits per heavy atom. The molecule has 1 heterocycles. The quantitative estimate of drug-likeness (QED) is 0.362. The Morgan fingerprint density at radius 3 is 2.07 bits per heavy atom. The highest BCUT2D eigenvalue weighted by Gasteiger charge is 2.34. The summed E-state index contributed by atoms with van der Waals surface area (Å²) >= 11 is 11.2. The summed E-state index contributed by atoms with van der Waals surface area (Å²) in [5.74, 6) is -0.543. The van der Waals surface area contributed by atoms with E-state index in [4.69, 9.17) is 27.9 Å². The molecule has 0 unspecified atom stereocenters. The summed E-state index contributed by atoms with van der Waals surface area (Å²) < 4.78 is 83.0. The van der Waals surface area contributed by atoms with E-state index in [2.05, 4.69) is 10.4 Å². The van der Waals surface area contributed by atoms with Gasteiger partial charge in [-0.05, 0) is 44.7 Å². The van der Waals surface area contributed by atoms with Crippen molar-refractivity contribution in [3.8, 4) is 5.69 Å². The molecule has 0 aliphatic rings. The molecule has 1 aromatic carbocycles. The number of amides is 1. The number of carbonyl (C=O) groups is 1. The summed E-state index contributed by atoms with van der Waals surface area (Å²) in [6, 6.07) is 1.12. The lowest BCUT2D eigenvalue weighted by Gasteiger charge is -2.19. The maximum absolute atomic E-state index is 12.9. The standard InChI is InChI=1S/C16H13Cl2F6N3O2S/c1-14(2,3)29-13(28)25-12-10(30-16(22,23)24)6-27(26-12)11-8(17)4-7(5-9(11)18)15(19,20)21/h4-6H,1-3H3,(H,25,26,28). The molecule has 166 valence electrons. The van der Waals surface area contributed by atoms with Crippen molar-refractivity contribution in [2.75, 3.05) is 5.32 Å². The van der Waals surface area contributed by atoms with Crippen LogP contribution in [0.5, 0.6) is 0 Å². The number of halogens is 8. The summed E-state index contributed by atoms with van der Waals surface area (Å²) in [6.07, 6.45) is -5.00. The zero-order valence-electron chi connectivity index (χ0n) is 15.4. The third-order valence-corrected chi connectivity index (χ3v) is 4.43. The van der Waals surface area contributed by atoms with Crippen LogP contribution < -0.4 is 5.32 Å². The molecule has 0 fully saturated rings. The van der Waals surface area contributed by atoms with Crippen molar-refractivity contribution < 1.29 is 35.9 Å². The molecular weight excluding hydrogens is 483 g/mol. The second-order valence-electron chi connectivity index (χ2n) is 6.75. The van der Waals surface area contributed by atoms with Crippen LogP contribution in [0.4, 0.5) is 37.0 Å². The summed E-state index contributed by atoms with van der Waals surface area (Å²) in [5.41, 5.74) is -7.13. The number of carbonyl (C=O) groups excluding carboxylic acids is 1. The zero-order chi connectivity index (χ0) is 23.1. The van der Waals surface area contributed by atoms with Gasteiger partial charge in [0.25, 0.3) is 0 Å². The summed E-state index contributed by atoms with van der Waals surface area (Å²) in [5, 5.41) is 4.84. The van der Waals surface area contributed by atoms with E-state index in [0.29, 0.717) is 12.1 Å². The number of anilines is 1. The van der Waals surface area contributed by atoms with Gasteiger partial charge in [0, 0.05) is 6.20 Å². The Hall–Kier alpha value is -1.79. The summed E-state index contributed by atoms with van der Waals surface area (Å²) in [7, 11) is 0. The highest BCUT2D eigenvalue weighted by molar-refractivity contribution is 8.00. The molecule has 0 bridgehead atoms. The molecule has 14 heteroatoms. The molecule has 0 spiro atoms. The van der Waals surface area contributed by atoms with Crippen molar-refractivity contribution in [1.82, 2.24) is 9.78 Å². The van der Waals surface area contributed by atoms with Gasteiger partial charge in [0.1, 0.15) is 11.3 Å². The van der Waals surface area contributed by atoms with Gasteiger partial charge in [0.05, 0.1) is 20.5 Å². The Kier molecular flexibility index (Phi) is 6.84. The van der Waals surface area contributed by atoms with Gasteiger partial charge in [-0.2, -0.15) is 26.3 Å². The molecule has 0 aliphatic carbocycles. The molecule has 30 heavy (non-hydrogen) atoms. The van der Waals surface area contributed by atoms with Crippen molar-refractivity contribution in [1.29, 1.82) is 0 Å². The van der Waals surface area contributed by atoms with E-state index >= 15 is 0 Å². The Labute approximate surface area is 180 Å². The lowest BCUT2D eigenvalue weighted by atomic mass is 10.2. The van der Waals surface area contributed by atoms with Crippen LogP contribution in [-0.2, 0) is 10.9 Å². The van der Waals surface area contributed by atoms with E-state index in [1.165, 1.54) is 20.8 Å². The van der Waals surface area contributed by atoms with Gasteiger partial charge in [-0.3, -0.25) is 5.32 Å². The fourth-order valence-electron chi connectivity index (χ4n) is 2.11. The predicted molar refractivity (Wildman–Crippen MR) is 100 cm³/mol. The number of thioether (sulfide) groups is 1. The van der Waals surface area contributed by atoms with E-state index in [1.54, 1.807) is 0 Å². The van der Waals surface area contributed by atoms with Gasteiger partial charge >= 0.3 is 17.8 Å². The van der Waals surface area contributed by atoms with E-state index in [0.717, 1.165) is 10.9 Å². The van der Waals surface area contributed by atoms with E-state index in [9.17, 15) is 31.1 Å². The minimum atomic E-state index is -4.74. The molecule has 0 atom stereocenters. The van der Waals surface area contributed by atoms with Gasteiger partial charge in [-0.1, -0.05) is 23.2 Å². The molecular formula is C16H13Cl2F6N3O2S. The highest BCUT2D eigenvalue weighted by atomic mass is 35.5. The SMILES string of the molecule is CC(C)(C)OC(=O)Nc1nn(-c2c(Cl)cc(C(F)(F)F)cc2Cl)cc1SC(F)(F)F. The lowest BCUT2D eigenvalue weighted by Crippen LogP contribution is -2.27. The largest absolute Gasteiger partial charge is 0.446 e. The molecule has 2 rings (SSSR count). The van der Waals surface area contributed by atoms with Crippen LogP contribution in [0, 0.1) is 0 Å². The number of benzene rings is 1. The van der Waals surface area contributed by atoms with Crippen LogP contribution in [0.3, 0.4) is 0 Å². The molecule has 0 aliphatic heterocycles. The number of rotatable bonds is 3. The maximum atomic E-state index is 12.9. The van der Waals surface area contributed by atoms with Crippen LogP contribution in [0.15, 0.2) is 23.2 Å². The van der Waals surface area contributed by atoms with Crippen molar-refractivity contribution in [3.05, 3.63) is 33.9 Å². The first-order valence-corrected chi connectivity index (χ1v) is 9.45. The van der Waals surface area contributed by atoms with Crippen molar-refractivity contribution >= 4 is 46.9 Å². The molecule has 0 radical (unpaired) electrons. The predicted octanol–water partition coefficient (Wildman–Crippen LogP) is 7.16. The van der Waals surface area contributed by atoms with Gasteiger partial charge in [0.2, 0.25) is 0 Å². The molecule has 0 saturated heterocycles. The third kappa shape index (κ3) is 6.61. The second kappa shape index (κ2) is 8.39. The summed E-state index contributed by atoms with van der Waals surface area (Å²) in [4.78, 5) is 11.4. The van der Waals surface area contributed by atoms with Crippen LogP contribution >= 0.6 is 35.0 Å². The van der Waals surface area contributed by atoms with Gasteiger partial charge in [0.15, 0.2) is 5.82 Å². The number of nitrogens with one attached hydrogen (secondary N) is 1. The van der Waals surface area contributed by atoms with Gasteiger partial charge in [-0.25, -0.2) is 9.48 Å². The first-order chi connectivity index (χ1) is 13.5. The van der Waals surface area contributed by atoms with Gasteiger partial charge < -0.3 is 4.74 Å². The summed E-state index contributed by atoms with van der Waals surface area (Å²) in [6.45, 7) is 4.62. The topological polar surface area (TPSA) is 56.1 Å². The first kappa shape index (κ1) is 24.5. The van der Waals surface area contributed by atoms with E-state index in [1.807, 2.05) is 0 Å². The average molecular weight is 496 g/mol. The molecule has 1 N–H and O–H groups in total. The number of hydrogen-bond acceptors (Lipinski definition) is 4.